The van der Waals surface area contributed by atoms with Crippen LogP contribution in [0.25, 0.3) is 16.7 Å². The van der Waals surface area contributed by atoms with Crippen LogP contribution >= 0.6 is 0 Å². The van der Waals surface area contributed by atoms with Gasteiger partial charge < -0.3 is 10.4 Å². The average Bonchev–Trinajstić information content (AvgIpc) is 3.05. The Morgan fingerprint density at radius 3 is 2.79 bits per heavy atom. The van der Waals surface area contributed by atoms with Gasteiger partial charge in [-0.05, 0) is 55.3 Å². The molecule has 3 aromatic rings. The van der Waals surface area contributed by atoms with Crippen LogP contribution in [0.5, 0.6) is 0 Å². The first-order valence-electron chi connectivity index (χ1n) is 7.79. The van der Waals surface area contributed by atoms with Crippen LogP contribution in [0.3, 0.4) is 0 Å². The molecule has 6 heteroatoms. The summed E-state index contributed by atoms with van der Waals surface area (Å²) in [6.45, 7) is 3.89. The second-order valence-electron chi connectivity index (χ2n) is 6.23. The average molecular weight is 329 g/mol. The van der Waals surface area contributed by atoms with E-state index in [4.69, 9.17) is 0 Å². The molecule has 2 N–H and O–H groups in total. The monoisotopic (exact) mass is 329 g/mol. The molecule has 0 fully saturated rings. The third-order valence-electron chi connectivity index (χ3n) is 4.46. The van der Waals surface area contributed by atoms with Gasteiger partial charge in [-0.1, -0.05) is 0 Å². The first-order valence-corrected chi connectivity index (χ1v) is 7.79. The Balaban J connectivity index is 1.94. The van der Waals surface area contributed by atoms with Crippen molar-refractivity contribution in [3.63, 3.8) is 0 Å². The van der Waals surface area contributed by atoms with E-state index in [9.17, 15) is 13.9 Å². The van der Waals surface area contributed by atoms with Crippen LogP contribution in [-0.4, -0.2) is 20.9 Å². The van der Waals surface area contributed by atoms with Crippen molar-refractivity contribution in [3.8, 4) is 5.69 Å². The Bertz CT molecular complexity index is 949. The minimum atomic E-state index is -2.60. The first kappa shape index (κ1) is 15.1. The lowest BCUT2D eigenvalue weighted by Gasteiger charge is -2.13. The van der Waals surface area contributed by atoms with Crippen molar-refractivity contribution in [2.45, 2.75) is 32.9 Å². The van der Waals surface area contributed by atoms with Crippen LogP contribution in [0, 0.1) is 13.8 Å². The predicted molar refractivity (Wildman–Crippen MR) is 88.8 cm³/mol. The molecule has 2 aromatic heterocycles. The molecule has 4 nitrogen and oxygen atoms in total. The summed E-state index contributed by atoms with van der Waals surface area (Å²) >= 11 is 0. The summed E-state index contributed by atoms with van der Waals surface area (Å²) in [6, 6.07) is 8.94. The van der Waals surface area contributed by atoms with E-state index in [1.54, 1.807) is 6.07 Å². The zero-order chi connectivity index (χ0) is 17.0. The number of aliphatic hydroxyl groups is 1. The summed E-state index contributed by atoms with van der Waals surface area (Å²) in [4.78, 5) is 4.16. The maximum Gasteiger partial charge on any atom is 0.280 e. The quantitative estimate of drug-likeness (QED) is 0.750. The summed E-state index contributed by atoms with van der Waals surface area (Å²) < 4.78 is 27.9. The summed E-state index contributed by atoms with van der Waals surface area (Å²) in [5.74, 6) is 0. The number of aliphatic hydroxyl groups excluding tert-OH is 1. The maximum absolute atomic E-state index is 13.0. The molecule has 0 amide bonds. The van der Waals surface area contributed by atoms with E-state index in [0.717, 1.165) is 33.6 Å². The van der Waals surface area contributed by atoms with Gasteiger partial charge in [-0.15, -0.1) is 0 Å². The van der Waals surface area contributed by atoms with Crippen LogP contribution < -0.4 is 5.32 Å². The highest BCUT2D eigenvalue weighted by Gasteiger charge is 2.22. The Hall–Kier alpha value is -2.47. The number of anilines is 1. The molecular formula is C18H17F2N3O. The lowest BCUT2D eigenvalue weighted by Crippen LogP contribution is -2.13. The van der Waals surface area contributed by atoms with Gasteiger partial charge in [0.2, 0.25) is 0 Å². The number of rotatable bonds is 2. The molecule has 0 saturated heterocycles. The highest BCUT2D eigenvalue weighted by Crippen LogP contribution is 2.33. The molecule has 3 heterocycles. The van der Waals surface area contributed by atoms with Gasteiger partial charge in [0.25, 0.3) is 6.43 Å². The molecule has 1 aromatic carbocycles. The fourth-order valence-electron chi connectivity index (χ4n) is 3.43. The second kappa shape index (κ2) is 5.27. The molecule has 24 heavy (non-hydrogen) atoms. The number of nitrogens with one attached hydrogen (secondary N) is 1. The van der Waals surface area contributed by atoms with Gasteiger partial charge in [0.15, 0.2) is 0 Å². The van der Waals surface area contributed by atoms with E-state index in [2.05, 4.69) is 10.3 Å². The standard InChI is InChI=1S/C18H17F2N3O/c1-9-5-13(7-12-8-15(24)22-16(9)12)23-10(2)6-11-3-4-14(17(19)20)21-18(11)23/h3-7,15,17,22,24H,8H2,1-2H3. The molecule has 124 valence electrons. The number of hydrogen-bond donors (Lipinski definition) is 2. The molecular weight excluding hydrogens is 312 g/mol. The van der Waals surface area contributed by atoms with Crippen LogP contribution in [0.2, 0.25) is 0 Å². The molecule has 1 atom stereocenters. The number of alkyl halides is 2. The second-order valence-corrected chi connectivity index (χ2v) is 6.23. The number of benzene rings is 1. The lowest BCUT2D eigenvalue weighted by molar-refractivity contribution is 0.146. The normalized spacial score (nSPS) is 16.7. The van der Waals surface area contributed by atoms with E-state index >= 15 is 0 Å². The van der Waals surface area contributed by atoms with Crippen molar-refractivity contribution in [1.29, 1.82) is 0 Å². The van der Waals surface area contributed by atoms with Crippen molar-refractivity contribution < 1.29 is 13.9 Å². The van der Waals surface area contributed by atoms with E-state index in [-0.39, 0.29) is 5.69 Å². The minimum Gasteiger partial charge on any atom is -0.373 e. The largest absolute Gasteiger partial charge is 0.373 e. The molecule has 1 unspecified atom stereocenters. The van der Waals surface area contributed by atoms with Crippen LogP contribution in [0.1, 0.15) is 28.9 Å². The Labute approximate surface area is 137 Å². The summed E-state index contributed by atoms with van der Waals surface area (Å²) in [7, 11) is 0. The third kappa shape index (κ3) is 2.26. The van der Waals surface area contributed by atoms with Crippen molar-refractivity contribution in [2.24, 2.45) is 0 Å². The van der Waals surface area contributed by atoms with Gasteiger partial charge in [0.05, 0.1) is 0 Å². The van der Waals surface area contributed by atoms with E-state index < -0.39 is 12.7 Å². The summed E-state index contributed by atoms with van der Waals surface area (Å²) in [6.07, 6.45) is -2.66. The highest BCUT2D eigenvalue weighted by molar-refractivity contribution is 5.80. The van der Waals surface area contributed by atoms with E-state index in [0.29, 0.717) is 12.1 Å². The number of fused-ring (bicyclic) bond motifs is 2. The molecule has 1 aliphatic heterocycles. The Morgan fingerprint density at radius 2 is 2.04 bits per heavy atom. The van der Waals surface area contributed by atoms with E-state index in [1.165, 1.54) is 6.07 Å². The number of halogens is 2. The van der Waals surface area contributed by atoms with Crippen LogP contribution in [-0.2, 0) is 6.42 Å². The zero-order valence-corrected chi connectivity index (χ0v) is 13.3. The van der Waals surface area contributed by atoms with Crippen LogP contribution in [0.4, 0.5) is 14.5 Å². The predicted octanol–water partition coefficient (Wildman–Crippen LogP) is 3.87. The van der Waals surface area contributed by atoms with Gasteiger partial charge >= 0.3 is 0 Å². The number of aryl methyl sites for hydroxylation is 2. The molecule has 0 radical (unpaired) electrons. The summed E-state index contributed by atoms with van der Waals surface area (Å²) in [5.41, 5.74) is 5.06. The van der Waals surface area contributed by atoms with Gasteiger partial charge in [0, 0.05) is 28.9 Å². The molecule has 0 saturated carbocycles. The fourth-order valence-corrected chi connectivity index (χ4v) is 3.43. The summed E-state index contributed by atoms with van der Waals surface area (Å²) in [5, 5.41) is 13.7. The Kier molecular flexibility index (Phi) is 3.31. The molecule has 4 rings (SSSR count). The fraction of sp³-hybridized carbons (Fsp3) is 0.278. The lowest BCUT2D eigenvalue weighted by atomic mass is 10.1. The molecule has 0 spiro atoms. The van der Waals surface area contributed by atoms with Crippen LogP contribution in [0.15, 0.2) is 30.3 Å². The smallest absolute Gasteiger partial charge is 0.280 e. The third-order valence-corrected chi connectivity index (χ3v) is 4.46. The minimum absolute atomic E-state index is 0.225. The molecule has 0 aliphatic carbocycles. The number of pyridine rings is 1. The molecule has 1 aliphatic rings. The van der Waals surface area contributed by atoms with Gasteiger partial charge in [-0.3, -0.25) is 4.57 Å². The molecule has 0 bridgehead atoms. The van der Waals surface area contributed by atoms with E-state index in [1.807, 2.05) is 36.6 Å². The number of hydrogen-bond acceptors (Lipinski definition) is 3. The topological polar surface area (TPSA) is 50.1 Å². The first-order chi connectivity index (χ1) is 11.4. The Morgan fingerprint density at radius 1 is 1.25 bits per heavy atom. The van der Waals surface area contributed by atoms with Crippen molar-refractivity contribution in [2.75, 3.05) is 5.32 Å². The maximum atomic E-state index is 13.0. The highest BCUT2D eigenvalue weighted by atomic mass is 19.3. The number of nitrogens with zero attached hydrogens (tertiary/aromatic N) is 2. The van der Waals surface area contributed by atoms with Gasteiger partial charge in [0.1, 0.15) is 17.6 Å². The number of aromatic nitrogens is 2. The van der Waals surface area contributed by atoms with Crippen molar-refractivity contribution in [1.82, 2.24) is 9.55 Å². The van der Waals surface area contributed by atoms with Gasteiger partial charge in [-0.25, -0.2) is 13.8 Å². The van der Waals surface area contributed by atoms with Gasteiger partial charge in [-0.2, -0.15) is 0 Å². The zero-order valence-electron chi connectivity index (χ0n) is 13.3. The van der Waals surface area contributed by atoms with Crippen molar-refractivity contribution >= 4 is 16.7 Å². The van der Waals surface area contributed by atoms with Crippen molar-refractivity contribution in [3.05, 3.63) is 52.8 Å². The SMILES string of the molecule is Cc1cc(-n2c(C)cc3ccc(C(F)F)nc32)cc2c1NC(O)C2.